The molecule has 1 unspecified atom stereocenters. The molecule has 1 aromatic heterocycles. The third-order valence-corrected chi connectivity index (χ3v) is 0.786. The summed E-state index contributed by atoms with van der Waals surface area (Å²) in [6.07, 6.45) is 1.26. The number of nitrogens with two attached hydrogens (primary N) is 1. The van der Waals surface area contributed by atoms with Crippen LogP contribution >= 0.6 is 12.4 Å². The van der Waals surface area contributed by atoms with Gasteiger partial charge >= 0.3 is 0 Å². The van der Waals surface area contributed by atoms with Gasteiger partial charge in [-0.2, -0.15) is 4.98 Å². The first-order valence-corrected chi connectivity index (χ1v) is 2.32. The molecule has 0 aliphatic carbocycles. The molecule has 0 saturated carbocycles. The Balaban J connectivity index is 0.000000640. The third kappa shape index (κ3) is 1.99. The lowest BCUT2D eigenvalue weighted by atomic mass is 10.4. The average Bonchev–Trinajstić information content (AvgIpc) is 2.12. The largest absolute Gasteiger partial charge is 0.343 e. The van der Waals surface area contributed by atoms with E-state index in [0.29, 0.717) is 5.82 Å². The molecule has 2 N–H and O–H groups in total. The van der Waals surface area contributed by atoms with E-state index in [2.05, 4.69) is 14.7 Å². The molecule has 9 heavy (non-hydrogen) atoms. The predicted octanol–water partition coefficient (Wildman–Crippen LogP) is 0.511. The van der Waals surface area contributed by atoms with Crippen molar-refractivity contribution in [3.63, 3.8) is 0 Å². The summed E-state index contributed by atoms with van der Waals surface area (Å²) in [7, 11) is 0. The summed E-state index contributed by atoms with van der Waals surface area (Å²) in [5, 5.41) is 3.50. The lowest BCUT2D eigenvalue weighted by molar-refractivity contribution is 0.406. The second-order valence-corrected chi connectivity index (χ2v) is 1.58. The molecule has 1 rings (SSSR count). The van der Waals surface area contributed by atoms with E-state index in [1.165, 1.54) is 6.39 Å². The van der Waals surface area contributed by atoms with E-state index in [1.807, 2.05) is 0 Å². The van der Waals surface area contributed by atoms with E-state index in [4.69, 9.17) is 5.73 Å². The normalized spacial score (nSPS) is 12.2. The molecule has 5 heteroatoms. The first kappa shape index (κ1) is 8.39. The SMILES string of the molecule is CC(N)c1ncon1.Cl. The molecular weight excluding hydrogens is 142 g/mol. The lowest BCUT2D eigenvalue weighted by Gasteiger charge is -1.91. The van der Waals surface area contributed by atoms with Crippen LogP contribution in [0.2, 0.25) is 0 Å². The zero-order valence-electron chi connectivity index (χ0n) is 4.94. The second-order valence-electron chi connectivity index (χ2n) is 1.58. The minimum atomic E-state index is -0.131. The zero-order valence-corrected chi connectivity index (χ0v) is 5.76. The quantitative estimate of drug-likeness (QED) is 0.632. The maximum absolute atomic E-state index is 5.37. The van der Waals surface area contributed by atoms with Crippen molar-refractivity contribution in [2.24, 2.45) is 5.73 Å². The molecular formula is C4H8ClN3O. The smallest absolute Gasteiger partial charge is 0.213 e. The van der Waals surface area contributed by atoms with Crippen molar-refractivity contribution in [2.45, 2.75) is 13.0 Å². The highest BCUT2D eigenvalue weighted by molar-refractivity contribution is 5.85. The molecule has 0 spiro atoms. The summed E-state index contributed by atoms with van der Waals surface area (Å²) in [5.41, 5.74) is 5.37. The number of hydrogen-bond donors (Lipinski definition) is 1. The molecule has 52 valence electrons. The molecule has 0 bridgehead atoms. The van der Waals surface area contributed by atoms with Crippen LogP contribution in [0.4, 0.5) is 0 Å². The highest BCUT2D eigenvalue weighted by Crippen LogP contribution is 1.98. The van der Waals surface area contributed by atoms with Gasteiger partial charge in [0, 0.05) is 0 Å². The Hall–Kier alpha value is -0.610. The van der Waals surface area contributed by atoms with Crippen LogP contribution in [0.3, 0.4) is 0 Å². The third-order valence-electron chi connectivity index (χ3n) is 0.786. The molecule has 0 radical (unpaired) electrons. The minimum Gasteiger partial charge on any atom is -0.343 e. The second kappa shape index (κ2) is 3.42. The van der Waals surface area contributed by atoms with Gasteiger partial charge in [-0.1, -0.05) is 5.16 Å². The summed E-state index contributed by atoms with van der Waals surface area (Å²) in [6, 6.07) is -0.131. The standard InChI is InChI=1S/C4H7N3O.ClH/c1-3(5)4-6-2-8-7-4;/h2-3H,5H2,1H3;1H. The van der Waals surface area contributed by atoms with E-state index in [-0.39, 0.29) is 18.4 Å². The van der Waals surface area contributed by atoms with Crippen molar-refractivity contribution >= 4 is 12.4 Å². The van der Waals surface area contributed by atoms with E-state index in [1.54, 1.807) is 6.92 Å². The highest BCUT2D eigenvalue weighted by Gasteiger charge is 2.01. The molecule has 0 saturated heterocycles. The van der Waals surface area contributed by atoms with E-state index >= 15 is 0 Å². The van der Waals surface area contributed by atoms with Crippen LogP contribution in [0.5, 0.6) is 0 Å². The fourth-order valence-electron chi connectivity index (χ4n) is 0.379. The Labute approximate surface area is 58.8 Å². The van der Waals surface area contributed by atoms with Crippen LogP contribution in [0, 0.1) is 0 Å². The van der Waals surface area contributed by atoms with Crippen LogP contribution in [0.25, 0.3) is 0 Å². The number of rotatable bonds is 1. The van der Waals surface area contributed by atoms with Crippen LogP contribution in [0.1, 0.15) is 18.8 Å². The molecule has 4 nitrogen and oxygen atoms in total. The number of hydrogen-bond acceptors (Lipinski definition) is 4. The Bertz CT molecular complexity index is 151. The maximum Gasteiger partial charge on any atom is 0.213 e. The molecule has 0 fully saturated rings. The molecule has 0 amide bonds. The topological polar surface area (TPSA) is 64.9 Å². The van der Waals surface area contributed by atoms with E-state index < -0.39 is 0 Å². The molecule has 0 aliphatic heterocycles. The van der Waals surface area contributed by atoms with Gasteiger partial charge in [0.15, 0.2) is 5.82 Å². The van der Waals surface area contributed by atoms with Gasteiger partial charge in [-0.15, -0.1) is 12.4 Å². The van der Waals surface area contributed by atoms with Crippen molar-refractivity contribution in [1.29, 1.82) is 0 Å². The fourth-order valence-corrected chi connectivity index (χ4v) is 0.379. The lowest BCUT2D eigenvalue weighted by Crippen LogP contribution is -2.06. The molecule has 0 aromatic carbocycles. The van der Waals surface area contributed by atoms with Gasteiger partial charge in [-0.25, -0.2) is 0 Å². The summed E-state index contributed by atoms with van der Waals surface area (Å²) in [6.45, 7) is 1.80. The van der Waals surface area contributed by atoms with Gasteiger partial charge in [-0.05, 0) is 6.92 Å². The van der Waals surface area contributed by atoms with Crippen LogP contribution < -0.4 is 5.73 Å². The van der Waals surface area contributed by atoms with Gasteiger partial charge in [-0.3, -0.25) is 0 Å². The van der Waals surface area contributed by atoms with Gasteiger partial charge in [0.25, 0.3) is 0 Å². The fraction of sp³-hybridized carbons (Fsp3) is 0.500. The van der Waals surface area contributed by atoms with E-state index in [0.717, 1.165) is 0 Å². The van der Waals surface area contributed by atoms with Gasteiger partial charge in [0.1, 0.15) is 0 Å². The van der Waals surface area contributed by atoms with Gasteiger partial charge < -0.3 is 10.3 Å². The van der Waals surface area contributed by atoms with Crippen molar-refractivity contribution in [3.05, 3.63) is 12.2 Å². The Morgan fingerprint density at radius 1 is 1.78 bits per heavy atom. The van der Waals surface area contributed by atoms with Gasteiger partial charge in [0.05, 0.1) is 6.04 Å². The Kier molecular flexibility index (Phi) is 3.19. The molecule has 1 aromatic rings. The van der Waals surface area contributed by atoms with Crippen LogP contribution in [-0.4, -0.2) is 10.1 Å². The minimum absolute atomic E-state index is 0. The zero-order chi connectivity index (χ0) is 5.98. The Morgan fingerprint density at radius 2 is 2.44 bits per heavy atom. The van der Waals surface area contributed by atoms with Crippen molar-refractivity contribution < 1.29 is 4.52 Å². The number of halogens is 1. The number of aromatic nitrogens is 2. The van der Waals surface area contributed by atoms with Crippen molar-refractivity contribution in [1.82, 2.24) is 10.1 Å². The molecule has 1 heterocycles. The number of nitrogens with zero attached hydrogens (tertiary/aromatic N) is 2. The van der Waals surface area contributed by atoms with Crippen LogP contribution in [-0.2, 0) is 0 Å². The van der Waals surface area contributed by atoms with E-state index in [9.17, 15) is 0 Å². The summed E-state index contributed by atoms with van der Waals surface area (Å²) >= 11 is 0. The van der Waals surface area contributed by atoms with Gasteiger partial charge in [0.2, 0.25) is 6.39 Å². The average molecular weight is 150 g/mol. The molecule has 1 atom stereocenters. The maximum atomic E-state index is 5.37. The predicted molar refractivity (Wildman–Crippen MR) is 34.1 cm³/mol. The summed E-state index contributed by atoms with van der Waals surface area (Å²) in [5.74, 6) is 0.546. The first-order chi connectivity index (χ1) is 3.80. The van der Waals surface area contributed by atoms with Crippen LogP contribution in [0.15, 0.2) is 10.9 Å². The summed E-state index contributed by atoms with van der Waals surface area (Å²) in [4.78, 5) is 3.71. The first-order valence-electron chi connectivity index (χ1n) is 2.32. The van der Waals surface area contributed by atoms with Crippen molar-refractivity contribution in [2.75, 3.05) is 0 Å². The highest BCUT2D eigenvalue weighted by atomic mass is 35.5. The monoisotopic (exact) mass is 149 g/mol. The van der Waals surface area contributed by atoms with Crippen molar-refractivity contribution in [3.8, 4) is 0 Å². The Morgan fingerprint density at radius 3 is 2.67 bits per heavy atom. The molecule has 0 aliphatic rings. The summed E-state index contributed by atoms with van der Waals surface area (Å²) < 4.78 is 4.43.